The van der Waals surface area contributed by atoms with Gasteiger partial charge in [-0.25, -0.2) is 22.9 Å². The highest BCUT2D eigenvalue weighted by molar-refractivity contribution is 7.98. The van der Waals surface area contributed by atoms with E-state index in [1.807, 2.05) is 30.3 Å². The summed E-state index contributed by atoms with van der Waals surface area (Å²) in [6.45, 7) is 0. The zero-order valence-electron chi connectivity index (χ0n) is 22.5. The summed E-state index contributed by atoms with van der Waals surface area (Å²) in [4.78, 5) is 31.3. The molecule has 2 heterocycles. The van der Waals surface area contributed by atoms with Gasteiger partial charge in [0.25, 0.3) is 15.0 Å². The summed E-state index contributed by atoms with van der Waals surface area (Å²) < 4.78 is 68.0. The lowest BCUT2D eigenvalue weighted by molar-refractivity contribution is -0.137. The summed E-state index contributed by atoms with van der Waals surface area (Å²) in [5.74, 6) is -0.777. The summed E-state index contributed by atoms with van der Waals surface area (Å²) in [6, 6.07) is 10.8. The summed E-state index contributed by atoms with van der Waals surface area (Å²) in [5.41, 5.74) is -1.21. The van der Waals surface area contributed by atoms with E-state index in [2.05, 4.69) is 31.1 Å². The number of tetrazole rings is 1. The van der Waals surface area contributed by atoms with Crippen LogP contribution in [0.1, 0.15) is 47.3 Å². The first kappa shape index (κ1) is 30.6. The summed E-state index contributed by atoms with van der Waals surface area (Å²) in [6.07, 6.45) is -1.98. The minimum Gasteiger partial charge on any atom is -0.307 e. The van der Waals surface area contributed by atoms with E-state index in [9.17, 15) is 31.2 Å². The number of aromatic nitrogens is 5. The second kappa shape index (κ2) is 12.4. The highest BCUT2D eigenvalue weighted by atomic mass is 32.2. The number of hydrogen-bond donors (Lipinski definition) is 2. The van der Waals surface area contributed by atoms with Crippen LogP contribution in [0.3, 0.4) is 0 Å². The third-order valence-corrected chi connectivity index (χ3v) is 10.9. The molecular formula is C26H24F3N7O4S3. The molecular weight excluding hydrogens is 628 g/mol. The van der Waals surface area contributed by atoms with Crippen molar-refractivity contribution < 1.29 is 31.2 Å². The Balaban J connectivity index is 1.42. The molecule has 0 atom stereocenters. The van der Waals surface area contributed by atoms with Crippen LogP contribution >= 0.6 is 23.1 Å². The number of carbonyl (C=O) groups excluding carboxylic acids is 2. The highest BCUT2D eigenvalue weighted by Crippen LogP contribution is 2.37. The number of alkyl halides is 3. The second-order valence-corrected chi connectivity index (χ2v) is 13.7. The molecule has 17 heteroatoms. The van der Waals surface area contributed by atoms with E-state index in [4.69, 9.17) is 0 Å². The molecule has 5 rings (SSSR count). The van der Waals surface area contributed by atoms with E-state index in [-0.39, 0.29) is 32.0 Å². The number of aryl methyl sites for hydroxylation is 1. The lowest BCUT2D eigenvalue weighted by Gasteiger charge is -2.16. The molecule has 1 saturated carbocycles. The van der Waals surface area contributed by atoms with E-state index >= 15 is 0 Å². The van der Waals surface area contributed by atoms with Crippen LogP contribution in [0.25, 0.3) is 0 Å². The third kappa shape index (κ3) is 6.88. The molecule has 43 heavy (non-hydrogen) atoms. The largest absolute Gasteiger partial charge is 0.416 e. The standard InChI is InChI=1S/C26H24F3N7O4S3/c1-36-25(33-34-35-36)43(39,40)22-20(14-41-17-9-3-2-4-10-17)31-24(42-22)32-23(38)30-19-12-11-16(26(27,28)29)13-18(19)21(37)15-7-5-6-8-15/h2-4,9-13,15H,5-8,14H2,1H3,(H2,30,31,32,38). The minimum atomic E-state index is -4.68. The molecule has 226 valence electrons. The average molecular weight is 652 g/mol. The Morgan fingerprint density at radius 3 is 2.47 bits per heavy atom. The number of thioether (sulfide) groups is 1. The fourth-order valence-electron chi connectivity index (χ4n) is 4.58. The van der Waals surface area contributed by atoms with Gasteiger partial charge < -0.3 is 5.32 Å². The second-order valence-electron chi connectivity index (χ2n) is 9.63. The van der Waals surface area contributed by atoms with E-state index in [1.165, 1.54) is 18.8 Å². The average Bonchev–Trinajstić information content (AvgIpc) is 3.73. The molecule has 1 aliphatic rings. The smallest absolute Gasteiger partial charge is 0.307 e. The van der Waals surface area contributed by atoms with Gasteiger partial charge in [0.1, 0.15) is 0 Å². The highest BCUT2D eigenvalue weighted by Gasteiger charge is 2.34. The molecule has 0 unspecified atom stereocenters. The molecule has 0 saturated heterocycles. The van der Waals surface area contributed by atoms with Crippen molar-refractivity contribution >= 4 is 55.6 Å². The molecule has 1 aliphatic carbocycles. The summed E-state index contributed by atoms with van der Waals surface area (Å²) >= 11 is 2.00. The number of thiazole rings is 1. The molecule has 2 aromatic heterocycles. The predicted octanol–water partition coefficient (Wildman–Crippen LogP) is 5.83. The Hall–Kier alpha value is -3.83. The molecule has 2 aromatic carbocycles. The minimum absolute atomic E-state index is 0.0922. The number of amides is 2. The maximum atomic E-state index is 13.4. The van der Waals surface area contributed by atoms with Crippen molar-refractivity contribution in [2.75, 3.05) is 10.6 Å². The fraction of sp³-hybridized carbons (Fsp3) is 0.308. The van der Waals surface area contributed by atoms with Crippen LogP contribution < -0.4 is 10.6 Å². The number of ketones is 1. The van der Waals surface area contributed by atoms with Crippen molar-refractivity contribution in [2.45, 2.75) is 51.9 Å². The Kier molecular flexibility index (Phi) is 8.84. The van der Waals surface area contributed by atoms with Crippen LogP contribution in [0.2, 0.25) is 0 Å². The molecule has 2 N–H and O–H groups in total. The number of hydrogen-bond acceptors (Lipinski definition) is 10. The van der Waals surface area contributed by atoms with Crippen LogP contribution in [-0.2, 0) is 28.8 Å². The molecule has 2 amide bonds. The number of urea groups is 1. The number of sulfone groups is 1. The van der Waals surface area contributed by atoms with Crippen LogP contribution in [0.4, 0.5) is 28.8 Å². The Morgan fingerprint density at radius 1 is 1.09 bits per heavy atom. The van der Waals surface area contributed by atoms with Gasteiger partial charge in [0.05, 0.1) is 16.9 Å². The van der Waals surface area contributed by atoms with Crippen molar-refractivity contribution in [3.63, 3.8) is 0 Å². The number of halogens is 3. The van der Waals surface area contributed by atoms with Crippen LogP contribution in [-0.4, -0.2) is 45.4 Å². The zero-order valence-corrected chi connectivity index (χ0v) is 24.9. The van der Waals surface area contributed by atoms with Crippen LogP contribution in [0.5, 0.6) is 0 Å². The number of nitrogens with zero attached hydrogens (tertiary/aromatic N) is 5. The number of anilines is 2. The van der Waals surface area contributed by atoms with Gasteiger partial charge in [0.15, 0.2) is 15.1 Å². The maximum Gasteiger partial charge on any atom is 0.416 e. The SMILES string of the molecule is Cn1nnnc1S(=O)(=O)c1sc(NC(=O)Nc2ccc(C(F)(F)F)cc2C(=O)C2CCCC2)nc1CSc1ccccc1. The quantitative estimate of drug-likeness (QED) is 0.168. The third-order valence-electron chi connectivity index (χ3n) is 6.65. The van der Waals surface area contributed by atoms with Gasteiger partial charge in [0.2, 0.25) is 0 Å². The van der Waals surface area contributed by atoms with Gasteiger partial charge in [-0.15, -0.1) is 11.8 Å². The van der Waals surface area contributed by atoms with Gasteiger partial charge in [0, 0.05) is 29.2 Å². The van der Waals surface area contributed by atoms with Gasteiger partial charge in [-0.2, -0.15) is 13.2 Å². The topological polar surface area (TPSA) is 149 Å². The van der Waals surface area contributed by atoms with E-state index in [1.54, 1.807) is 0 Å². The van der Waals surface area contributed by atoms with Crippen molar-refractivity contribution in [2.24, 2.45) is 13.0 Å². The summed E-state index contributed by atoms with van der Waals surface area (Å²) in [7, 11) is -2.87. The van der Waals surface area contributed by atoms with E-state index in [0.29, 0.717) is 24.2 Å². The van der Waals surface area contributed by atoms with Crippen LogP contribution in [0, 0.1) is 5.92 Å². The predicted molar refractivity (Wildman–Crippen MR) is 153 cm³/mol. The zero-order chi connectivity index (χ0) is 30.8. The molecule has 0 aliphatic heterocycles. The Bertz CT molecular complexity index is 1750. The molecule has 1 fully saturated rings. The first-order valence-electron chi connectivity index (χ1n) is 12.9. The number of rotatable bonds is 9. The first-order valence-corrected chi connectivity index (χ1v) is 16.2. The lowest BCUT2D eigenvalue weighted by atomic mass is 9.93. The molecule has 0 bridgehead atoms. The molecule has 11 nitrogen and oxygen atoms in total. The monoisotopic (exact) mass is 651 g/mol. The summed E-state index contributed by atoms with van der Waals surface area (Å²) in [5, 5.41) is 15.0. The number of benzene rings is 2. The fourth-order valence-corrected chi connectivity index (χ4v) is 8.36. The number of nitrogens with one attached hydrogen (secondary N) is 2. The molecule has 4 aromatic rings. The van der Waals surface area contributed by atoms with Gasteiger partial charge in [-0.3, -0.25) is 10.1 Å². The molecule has 0 spiro atoms. The Labute approximate surface area is 252 Å². The first-order chi connectivity index (χ1) is 20.4. The number of carbonyl (C=O) groups is 2. The maximum absolute atomic E-state index is 13.4. The van der Waals surface area contributed by atoms with Gasteiger partial charge in [-0.05, 0) is 53.6 Å². The van der Waals surface area contributed by atoms with Crippen molar-refractivity contribution in [3.8, 4) is 0 Å². The van der Waals surface area contributed by atoms with Gasteiger partial charge in [-0.1, -0.05) is 47.5 Å². The molecule has 0 radical (unpaired) electrons. The van der Waals surface area contributed by atoms with E-state index < -0.39 is 44.5 Å². The van der Waals surface area contributed by atoms with Crippen molar-refractivity contribution in [3.05, 3.63) is 65.4 Å². The normalized spacial score (nSPS) is 14.1. The van der Waals surface area contributed by atoms with Crippen molar-refractivity contribution in [1.82, 2.24) is 25.2 Å². The van der Waals surface area contributed by atoms with Gasteiger partial charge >= 0.3 is 12.2 Å². The number of Topliss-reactive ketones (excluding diaryl/α,β-unsaturated/α-hetero) is 1. The lowest BCUT2D eigenvalue weighted by Crippen LogP contribution is -2.23. The Morgan fingerprint density at radius 2 is 1.81 bits per heavy atom. The van der Waals surface area contributed by atoms with E-state index in [0.717, 1.165) is 40.6 Å². The van der Waals surface area contributed by atoms with Crippen molar-refractivity contribution in [1.29, 1.82) is 0 Å². The van der Waals surface area contributed by atoms with Crippen LogP contribution in [0.15, 0.2) is 62.8 Å².